The van der Waals surface area contributed by atoms with E-state index in [4.69, 9.17) is 0 Å². The molecule has 66 valence electrons. The van der Waals surface area contributed by atoms with Gasteiger partial charge in [-0.2, -0.15) is 0 Å². The Balaban J connectivity index is 3.27. The summed E-state index contributed by atoms with van der Waals surface area (Å²) in [6.45, 7) is 9.25. The van der Waals surface area contributed by atoms with Gasteiger partial charge in [-0.15, -0.1) is 6.58 Å². The van der Waals surface area contributed by atoms with Crippen LogP contribution in [0.25, 0.3) is 0 Å². The van der Waals surface area contributed by atoms with Gasteiger partial charge in [0.25, 0.3) is 0 Å². The van der Waals surface area contributed by atoms with Crippen LogP contribution in [0.1, 0.15) is 39.5 Å². The first kappa shape index (κ1) is 10.7. The second-order valence-corrected chi connectivity index (χ2v) is 2.93. The topological polar surface area (TPSA) is 12.0 Å². The smallest absolute Gasteiger partial charge is 0.00644 e. The third kappa shape index (κ3) is 6.11. The van der Waals surface area contributed by atoms with Crippen molar-refractivity contribution in [2.75, 3.05) is 6.54 Å². The fraction of sp³-hybridized carbons (Fsp3) is 0.800. The Labute approximate surface area is 70.9 Å². The van der Waals surface area contributed by atoms with Crippen LogP contribution < -0.4 is 5.32 Å². The Bertz CT molecular complexity index is 88.9. The summed E-state index contributed by atoms with van der Waals surface area (Å²) >= 11 is 0. The summed E-state index contributed by atoms with van der Waals surface area (Å²) in [6, 6.07) is 0.722. The van der Waals surface area contributed by atoms with Crippen molar-refractivity contribution in [1.82, 2.24) is 5.32 Å². The molecule has 0 aromatic rings. The van der Waals surface area contributed by atoms with Crippen molar-refractivity contribution in [1.29, 1.82) is 0 Å². The summed E-state index contributed by atoms with van der Waals surface area (Å²) in [6.07, 6.45) is 6.87. The first-order chi connectivity index (χ1) is 5.35. The van der Waals surface area contributed by atoms with Crippen LogP contribution in [0.5, 0.6) is 0 Å². The average molecular weight is 155 g/mol. The maximum atomic E-state index is 3.69. The van der Waals surface area contributed by atoms with Crippen molar-refractivity contribution in [3.63, 3.8) is 0 Å². The van der Waals surface area contributed by atoms with E-state index in [-0.39, 0.29) is 0 Å². The molecule has 0 aliphatic heterocycles. The van der Waals surface area contributed by atoms with Crippen LogP contribution in [0.4, 0.5) is 0 Å². The average Bonchev–Trinajstić information content (AvgIpc) is 2.03. The Morgan fingerprint density at radius 2 is 2.18 bits per heavy atom. The molecule has 0 fully saturated rings. The van der Waals surface area contributed by atoms with Crippen molar-refractivity contribution in [3.05, 3.63) is 12.7 Å². The van der Waals surface area contributed by atoms with Gasteiger partial charge >= 0.3 is 0 Å². The fourth-order valence-corrected chi connectivity index (χ4v) is 1.19. The van der Waals surface area contributed by atoms with Crippen LogP contribution in [0, 0.1) is 0 Å². The van der Waals surface area contributed by atoms with E-state index < -0.39 is 0 Å². The maximum Gasteiger partial charge on any atom is 0.00644 e. The van der Waals surface area contributed by atoms with Gasteiger partial charge in [-0.25, -0.2) is 0 Å². The molecule has 0 aromatic heterocycles. The number of nitrogens with one attached hydrogen (secondary N) is 1. The van der Waals surface area contributed by atoms with Gasteiger partial charge in [0.2, 0.25) is 0 Å². The first-order valence-electron chi connectivity index (χ1n) is 4.69. The predicted molar refractivity (Wildman–Crippen MR) is 51.8 cm³/mol. The molecule has 0 aromatic carbocycles. The highest BCUT2D eigenvalue weighted by Crippen LogP contribution is 2.00. The molecule has 0 amide bonds. The Kier molecular flexibility index (Phi) is 7.59. The quantitative estimate of drug-likeness (QED) is 0.440. The molecule has 1 nitrogen and oxygen atoms in total. The highest BCUT2D eigenvalue weighted by Gasteiger charge is 2.01. The minimum absolute atomic E-state index is 0.722. The molecule has 0 heterocycles. The Hall–Kier alpha value is -0.300. The molecule has 1 heteroatoms. The standard InChI is InChI=1S/C10H21N/c1-4-7-9-11-10(6-3)8-5-2/h4,10-11H,1,5-9H2,2-3H3. The van der Waals surface area contributed by atoms with Crippen LogP contribution >= 0.6 is 0 Å². The zero-order chi connectivity index (χ0) is 8.53. The Morgan fingerprint density at radius 1 is 1.45 bits per heavy atom. The summed E-state index contributed by atoms with van der Waals surface area (Å²) < 4.78 is 0. The van der Waals surface area contributed by atoms with Crippen molar-refractivity contribution < 1.29 is 0 Å². The lowest BCUT2D eigenvalue weighted by Crippen LogP contribution is -2.28. The van der Waals surface area contributed by atoms with Gasteiger partial charge in [0.05, 0.1) is 0 Å². The molecule has 0 saturated carbocycles. The minimum atomic E-state index is 0.722. The molecule has 0 bridgehead atoms. The third-order valence-corrected chi connectivity index (χ3v) is 1.91. The highest BCUT2D eigenvalue weighted by atomic mass is 14.9. The molecule has 0 aliphatic carbocycles. The lowest BCUT2D eigenvalue weighted by Gasteiger charge is -2.14. The molecular formula is C10H21N. The Morgan fingerprint density at radius 3 is 2.64 bits per heavy atom. The van der Waals surface area contributed by atoms with Crippen molar-refractivity contribution in [2.45, 2.75) is 45.6 Å². The maximum absolute atomic E-state index is 3.69. The van der Waals surface area contributed by atoms with Crippen molar-refractivity contribution in [3.8, 4) is 0 Å². The van der Waals surface area contributed by atoms with Gasteiger partial charge in [-0.05, 0) is 25.8 Å². The summed E-state index contributed by atoms with van der Waals surface area (Å²) in [7, 11) is 0. The molecule has 0 rings (SSSR count). The van der Waals surface area contributed by atoms with Crippen LogP contribution in [0.2, 0.25) is 0 Å². The molecule has 11 heavy (non-hydrogen) atoms. The van der Waals surface area contributed by atoms with Gasteiger partial charge in [0, 0.05) is 6.04 Å². The van der Waals surface area contributed by atoms with Gasteiger partial charge in [-0.3, -0.25) is 0 Å². The molecule has 1 N–H and O–H groups in total. The molecule has 0 radical (unpaired) electrons. The first-order valence-corrected chi connectivity index (χ1v) is 4.69. The van der Waals surface area contributed by atoms with Crippen molar-refractivity contribution in [2.24, 2.45) is 0 Å². The van der Waals surface area contributed by atoms with Gasteiger partial charge in [0.1, 0.15) is 0 Å². The number of rotatable bonds is 7. The highest BCUT2D eigenvalue weighted by molar-refractivity contribution is 4.70. The van der Waals surface area contributed by atoms with Gasteiger partial charge in [-0.1, -0.05) is 26.3 Å². The van der Waals surface area contributed by atoms with E-state index in [0.29, 0.717) is 0 Å². The zero-order valence-electron chi connectivity index (χ0n) is 7.90. The summed E-state index contributed by atoms with van der Waals surface area (Å²) in [5.74, 6) is 0. The molecule has 0 spiro atoms. The molecule has 1 atom stereocenters. The molecule has 0 aliphatic rings. The van der Waals surface area contributed by atoms with E-state index >= 15 is 0 Å². The van der Waals surface area contributed by atoms with Crippen molar-refractivity contribution >= 4 is 0 Å². The van der Waals surface area contributed by atoms with E-state index in [1.165, 1.54) is 19.3 Å². The lowest BCUT2D eigenvalue weighted by atomic mass is 10.1. The molecule has 0 saturated heterocycles. The van der Waals surface area contributed by atoms with Crippen LogP contribution in [-0.2, 0) is 0 Å². The van der Waals surface area contributed by atoms with E-state index in [2.05, 4.69) is 25.7 Å². The van der Waals surface area contributed by atoms with Crippen LogP contribution in [0.15, 0.2) is 12.7 Å². The van der Waals surface area contributed by atoms with Crippen LogP contribution in [0.3, 0.4) is 0 Å². The summed E-state index contributed by atoms with van der Waals surface area (Å²) in [5.41, 5.74) is 0. The summed E-state index contributed by atoms with van der Waals surface area (Å²) in [5, 5.41) is 3.50. The van der Waals surface area contributed by atoms with E-state index in [1.807, 2.05) is 6.08 Å². The fourth-order valence-electron chi connectivity index (χ4n) is 1.19. The lowest BCUT2D eigenvalue weighted by molar-refractivity contribution is 0.468. The second-order valence-electron chi connectivity index (χ2n) is 2.93. The normalized spacial score (nSPS) is 12.9. The predicted octanol–water partition coefficient (Wildman–Crippen LogP) is 2.73. The largest absolute Gasteiger partial charge is 0.314 e. The number of hydrogen-bond donors (Lipinski definition) is 1. The summed E-state index contributed by atoms with van der Waals surface area (Å²) in [4.78, 5) is 0. The molecular weight excluding hydrogens is 134 g/mol. The number of hydrogen-bond acceptors (Lipinski definition) is 1. The third-order valence-electron chi connectivity index (χ3n) is 1.91. The van der Waals surface area contributed by atoms with E-state index in [0.717, 1.165) is 19.0 Å². The minimum Gasteiger partial charge on any atom is -0.314 e. The van der Waals surface area contributed by atoms with E-state index in [1.54, 1.807) is 0 Å². The van der Waals surface area contributed by atoms with E-state index in [9.17, 15) is 0 Å². The zero-order valence-corrected chi connectivity index (χ0v) is 7.90. The SMILES string of the molecule is C=CCCNC(CC)CCC. The second kappa shape index (κ2) is 7.80. The van der Waals surface area contributed by atoms with Gasteiger partial charge < -0.3 is 5.32 Å². The van der Waals surface area contributed by atoms with Gasteiger partial charge in [0.15, 0.2) is 0 Å². The van der Waals surface area contributed by atoms with Crippen LogP contribution in [-0.4, -0.2) is 12.6 Å². The monoisotopic (exact) mass is 155 g/mol. The molecule has 1 unspecified atom stereocenters.